The number of benzene rings is 3. The molecule has 0 fully saturated rings. The van der Waals surface area contributed by atoms with Crippen LogP contribution in [-0.4, -0.2) is 27.0 Å². The molecular weight excluding hydrogens is 569 g/mol. The Morgan fingerprint density at radius 1 is 1.10 bits per heavy atom. The van der Waals surface area contributed by atoms with Crippen molar-refractivity contribution in [3.8, 4) is 5.69 Å². The summed E-state index contributed by atoms with van der Waals surface area (Å²) in [5, 5.41) is 10.2. The second-order valence-corrected chi connectivity index (χ2v) is 12.0. The van der Waals surface area contributed by atoms with E-state index >= 15 is 8.78 Å². The highest BCUT2D eigenvalue weighted by Crippen LogP contribution is 2.46. The van der Waals surface area contributed by atoms with E-state index in [9.17, 15) is 9.18 Å². The Morgan fingerprint density at radius 3 is 2.46 bits per heavy atom. The molecule has 0 radical (unpaired) electrons. The average Bonchev–Trinajstić information content (AvgIpc) is 3.33. The molecule has 0 spiro atoms. The summed E-state index contributed by atoms with van der Waals surface area (Å²) in [5.74, 6) is -2.47. The third kappa shape index (κ3) is 5.83. The zero-order valence-electron chi connectivity index (χ0n) is 22.8. The number of rotatable bonds is 9. The zero-order chi connectivity index (χ0) is 29.3. The Hall–Kier alpha value is -3.07. The first-order valence-electron chi connectivity index (χ1n) is 13.5. The minimum atomic E-state index is -0.809. The minimum Gasteiger partial charge on any atom is -0.396 e. The van der Waals surface area contributed by atoms with Crippen molar-refractivity contribution in [1.82, 2.24) is 9.55 Å². The summed E-state index contributed by atoms with van der Waals surface area (Å²) < 4.78 is 46.0. The number of carbonyl (C=O) groups is 1. The van der Waals surface area contributed by atoms with Gasteiger partial charge >= 0.3 is 0 Å². The molecule has 41 heavy (non-hydrogen) atoms. The normalized spacial score (nSPS) is 16.6. The maximum atomic E-state index is 15.1. The highest BCUT2D eigenvalue weighted by atomic mass is 35.5. The van der Waals surface area contributed by atoms with Crippen LogP contribution in [0.1, 0.15) is 71.0 Å². The fraction of sp³-hybridized carbons (Fsp3) is 0.312. The summed E-state index contributed by atoms with van der Waals surface area (Å²) in [6.45, 7) is 3.95. The van der Waals surface area contributed by atoms with Gasteiger partial charge in [-0.25, -0.2) is 18.2 Å². The SMILES string of the molecule is Cc1cc(C2(C)CCCc3nc(SCc4c(F)cc(C(=O)CCCO)cc4F)n(-c4ccc(F)cc4)c32)ccc1Cl. The molecular formula is C32H30ClF3N2O2S. The van der Waals surface area contributed by atoms with Gasteiger partial charge in [-0.2, -0.15) is 0 Å². The highest BCUT2D eigenvalue weighted by molar-refractivity contribution is 7.98. The molecule has 1 atom stereocenters. The van der Waals surface area contributed by atoms with Gasteiger partial charge in [0.1, 0.15) is 17.5 Å². The molecule has 9 heteroatoms. The van der Waals surface area contributed by atoms with Gasteiger partial charge in [0.25, 0.3) is 0 Å². The van der Waals surface area contributed by atoms with Crippen LogP contribution in [0.15, 0.2) is 59.8 Å². The van der Waals surface area contributed by atoms with Crippen molar-refractivity contribution < 1.29 is 23.1 Å². The van der Waals surface area contributed by atoms with Crippen molar-refractivity contribution in [3.63, 3.8) is 0 Å². The maximum Gasteiger partial charge on any atom is 0.173 e. The summed E-state index contributed by atoms with van der Waals surface area (Å²) in [6.07, 6.45) is 2.74. The molecule has 4 nitrogen and oxygen atoms in total. The molecule has 214 valence electrons. The van der Waals surface area contributed by atoms with E-state index in [1.807, 2.05) is 23.6 Å². The molecule has 1 aliphatic carbocycles. The number of fused-ring (bicyclic) bond motifs is 1. The molecule has 3 aromatic carbocycles. The van der Waals surface area contributed by atoms with E-state index in [4.69, 9.17) is 21.7 Å². The van der Waals surface area contributed by atoms with E-state index in [-0.39, 0.29) is 42.1 Å². The molecule has 1 aliphatic rings. The molecule has 0 bridgehead atoms. The van der Waals surface area contributed by atoms with Crippen LogP contribution in [0.5, 0.6) is 0 Å². The topological polar surface area (TPSA) is 55.1 Å². The summed E-state index contributed by atoms with van der Waals surface area (Å²) >= 11 is 7.53. The Bertz CT molecular complexity index is 1580. The molecule has 1 aromatic heterocycles. The lowest BCUT2D eigenvalue weighted by molar-refractivity contribution is 0.0970. The number of aromatic nitrogens is 2. The second kappa shape index (κ2) is 12.0. The lowest BCUT2D eigenvalue weighted by Gasteiger charge is -2.36. The maximum absolute atomic E-state index is 15.1. The van der Waals surface area contributed by atoms with Crippen LogP contribution in [0.4, 0.5) is 13.2 Å². The van der Waals surface area contributed by atoms with Crippen LogP contribution < -0.4 is 0 Å². The number of aliphatic hydroxyl groups excluding tert-OH is 1. The number of hydrogen-bond acceptors (Lipinski definition) is 4. The first kappa shape index (κ1) is 29.4. The van der Waals surface area contributed by atoms with E-state index in [0.717, 1.165) is 53.9 Å². The highest BCUT2D eigenvalue weighted by Gasteiger charge is 2.39. The standard InChI is InChI=1S/C32H30ClF3N2O2S/c1-19-15-21(7-12-25(19)33)32(2)13-3-5-28-30(32)38(23-10-8-22(34)9-11-23)31(37-28)41-18-24-26(35)16-20(17-27(24)36)29(40)6-4-14-39/h7-12,15-17,39H,3-6,13-14,18H2,1-2H3. The minimum absolute atomic E-state index is 0.00997. The Labute approximate surface area is 246 Å². The third-order valence-corrected chi connectivity index (χ3v) is 9.17. The first-order valence-corrected chi connectivity index (χ1v) is 14.9. The predicted octanol–water partition coefficient (Wildman–Crippen LogP) is 8.14. The number of ketones is 1. The van der Waals surface area contributed by atoms with Crippen LogP contribution >= 0.6 is 23.4 Å². The van der Waals surface area contributed by atoms with Gasteiger partial charge in [-0.15, -0.1) is 0 Å². The van der Waals surface area contributed by atoms with E-state index in [1.54, 1.807) is 12.1 Å². The Kier molecular flexibility index (Phi) is 8.64. The Morgan fingerprint density at radius 2 is 1.80 bits per heavy atom. The van der Waals surface area contributed by atoms with Gasteiger partial charge in [0.15, 0.2) is 10.9 Å². The summed E-state index contributed by atoms with van der Waals surface area (Å²) in [7, 11) is 0. The summed E-state index contributed by atoms with van der Waals surface area (Å²) in [6, 6.07) is 14.2. The number of halogens is 4. The van der Waals surface area contributed by atoms with E-state index in [0.29, 0.717) is 15.9 Å². The van der Waals surface area contributed by atoms with Crippen LogP contribution in [0.3, 0.4) is 0 Å². The van der Waals surface area contributed by atoms with Crippen LogP contribution in [0.2, 0.25) is 5.02 Å². The fourth-order valence-electron chi connectivity index (χ4n) is 5.53. The van der Waals surface area contributed by atoms with Gasteiger partial charge in [0.05, 0.1) is 11.4 Å². The van der Waals surface area contributed by atoms with Crippen molar-refractivity contribution in [3.05, 3.63) is 111 Å². The number of nitrogens with zero attached hydrogens (tertiary/aromatic N) is 2. The fourth-order valence-corrected chi connectivity index (χ4v) is 6.70. The molecule has 1 N–H and O–H groups in total. The van der Waals surface area contributed by atoms with Gasteiger partial charge in [0.2, 0.25) is 0 Å². The summed E-state index contributed by atoms with van der Waals surface area (Å²) in [4.78, 5) is 17.2. The molecule has 0 saturated heterocycles. The van der Waals surface area contributed by atoms with Crippen LogP contribution in [-0.2, 0) is 17.6 Å². The van der Waals surface area contributed by atoms with Crippen molar-refractivity contribution in [2.45, 2.75) is 62.3 Å². The average molecular weight is 599 g/mol. The number of hydrogen-bond donors (Lipinski definition) is 1. The lowest BCUT2D eigenvalue weighted by Crippen LogP contribution is -2.31. The lowest BCUT2D eigenvalue weighted by atomic mass is 9.71. The van der Waals surface area contributed by atoms with Crippen molar-refractivity contribution >= 4 is 29.1 Å². The van der Waals surface area contributed by atoms with E-state index in [2.05, 4.69) is 13.0 Å². The summed E-state index contributed by atoms with van der Waals surface area (Å²) in [5.41, 5.74) is 3.95. The zero-order valence-corrected chi connectivity index (χ0v) is 24.4. The monoisotopic (exact) mass is 598 g/mol. The molecule has 0 saturated carbocycles. The van der Waals surface area contributed by atoms with Crippen LogP contribution in [0.25, 0.3) is 5.69 Å². The van der Waals surface area contributed by atoms with Crippen molar-refractivity contribution in [2.24, 2.45) is 0 Å². The van der Waals surface area contributed by atoms with Gasteiger partial charge < -0.3 is 5.11 Å². The number of carbonyl (C=O) groups excluding carboxylic acids is 1. The number of imidazole rings is 1. The molecule has 1 heterocycles. The number of Topliss-reactive ketones (excluding diaryl/α,β-unsaturated/α-hetero) is 1. The largest absolute Gasteiger partial charge is 0.396 e. The van der Waals surface area contributed by atoms with E-state index in [1.165, 1.54) is 23.9 Å². The van der Waals surface area contributed by atoms with Crippen molar-refractivity contribution in [2.75, 3.05) is 6.61 Å². The first-order chi connectivity index (χ1) is 19.6. The number of thioether (sulfide) groups is 1. The van der Waals surface area contributed by atoms with Gasteiger partial charge in [0, 0.05) is 46.0 Å². The second-order valence-electron chi connectivity index (χ2n) is 10.6. The molecule has 1 unspecified atom stereocenters. The Balaban J connectivity index is 1.56. The van der Waals surface area contributed by atoms with Crippen LogP contribution in [0, 0.1) is 24.4 Å². The smallest absolute Gasteiger partial charge is 0.173 e. The third-order valence-electron chi connectivity index (χ3n) is 7.78. The molecule has 5 rings (SSSR count). The predicted molar refractivity (Wildman–Crippen MR) is 156 cm³/mol. The molecule has 0 aliphatic heterocycles. The van der Waals surface area contributed by atoms with Gasteiger partial charge in [-0.3, -0.25) is 9.36 Å². The number of aliphatic hydroxyl groups is 1. The van der Waals surface area contributed by atoms with Gasteiger partial charge in [-0.1, -0.05) is 35.5 Å². The van der Waals surface area contributed by atoms with Gasteiger partial charge in [-0.05, 0) is 93.1 Å². The van der Waals surface area contributed by atoms with E-state index < -0.39 is 22.8 Å². The molecule has 0 amide bonds. The quantitative estimate of drug-likeness (QED) is 0.156. The molecule has 4 aromatic rings. The van der Waals surface area contributed by atoms with Crippen molar-refractivity contribution in [1.29, 1.82) is 0 Å². The number of aryl methyl sites for hydroxylation is 2.